The van der Waals surface area contributed by atoms with E-state index in [1.165, 1.54) is 0 Å². The maximum Gasteiger partial charge on any atom is 0.416 e. The third-order valence-electron chi connectivity index (χ3n) is 6.27. The van der Waals surface area contributed by atoms with Crippen LogP contribution < -0.4 is 10.6 Å². The first-order valence-corrected chi connectivity index (χ1v) is 10.8. The van der Waals surface area contributed by atoms with Crippen LogP contribution in [0.15, 0.2) is 18.2 Å². The Morgan fingerprint density at radius 3 is 2.06 bits per heavy atom. The van der Waals surface area contributed by atoms with Crippen LogP contribution in [0.25, 0.3) is 0 Å². The second-order valence-electron chi connectivity index (χ2n) is 9.36. The Bertz CT molecular complexity index is 857. The summed E-state index contributed by atoms with van der Waals surface area (Å²) in [6.07, 6.45) is -8.04. The molecule has 1 aromatic carbocycles. The fourth-order valence-corrected chi connectivity index (χ4v) is 4.17. The van der Waals surface area contributed by atoms with Gasteiger partial charge in [-0.1, -0.05) is 13.8 Å². The molecule has 1 aliphatic carbocycles. The average Bonchev–Trinajstić information content (AvgIpc) is 3.37. The lowest BCUT2D eigenvalue weighted by atomic mass is 9.92. The smallest absolute Gasteiger partial charge is 0.355 e. The van der Waals surface area contributed by atoms with Crippen molar-refractivity contribution >= 4 is 11.8 Å². The molecule has 0 aromatic heterocycles. The van der Waals surface area contributed by atoms with E-state index >= 15 is 0 Å². The van der Waals surface area contributed by atoms with Gasteiger partial charge in [-0.15, -0.1) is 0 Å². The van der Waals surface area contributed by atoms with Crippen LogP contribution in [0, 0.1) is 11.3 Å². The SMILES string of the molecule is CC(C)CNC(=O)CN1CCC2(CC1)C[C@@H]2NC(=O)c1cc(C(F)(F)F)cc(C(F)(F)F)c1. The van der Waals surface area contributed by atoms with Gasteiger partial charge < -0.3 is 10.6 Å². The molecule has 1 saturated heterocycles. The van der Waals surface area contributed by atoms with Gasteiger partial charge in [-0.05, 0) is 61.9 Å². The second kappa shape index (κ2) is 9.15. The number of piperidine rings is 1. The number of benzene rings is 1. The monoisotopic (exact) mass is 479 g/mol. The summed E-state index contributed by atoms with van der Waals surface area (Å²) in [5.74, 6) is -0.673. The zero-order chi connectivity index (χ0) is 24.6. The lowest BCUT2D eigenvalue weighted by Crippen LogP contribution is -2.44. The van der Waals surface area contributed by atoms with Crippen molar-refractivity contribution in [1.82, 2.24) is 15.5 Å². The van der Waals surface area contributed by atoms with E-state index in [-0.39, 0.29) is 30.0 Å². The van der Waals surface area contributed by atoms with Crippen molar-refractivity contribution in [3.05, 3.63) is 34.9 Å². The van der Waals surface area contributed by atoms with E-state index in [2.05, 4.69) is 10.6 Å². The van der Waals surface area contributed by atoms with Crippen LogP contribution >= 0.6 is 0 Å². The summed E-state index contributed by atoms with van der Waals surface area (Å²) >= 11 is 0. The van der Waals surface area contributed by atoms with Crippen molar-refractivity contribution in [3.63, 3.8) is 0 Å². The molecule has 2 N–H and O–H groups in total. The highest BCUT2D eigenvalue weighted by molar-refractivity contribution is 5.95. The van der Waals surface area contributed by atoms with Gasteiger partial charge in [0.1, 0.15) is 0 Å². The summed E-state index contributed by atoms with van der Waals surface area (Å²) in [5, 5.41) is 5.46. The predicted octanol–water partition coefficient (Wildman–Crippen LogP) is 4.08. The number of halogens is 6. The molecule has 33 heavy (non-hydrogen) atoms. The van der Waals surface area contributed by atoms with Gasteiger partial charge in [-0.2, -0.15) is 26.3 Å². The molecule has 0 unspecified atom stereocenters. The normalized spacial score (nSPS) is 20.7. The lowest BCUT2D eigenvalue weighted by Gasteiger charge is -2.32. The first-order valence-electron chi connectivity index (χ1n) is 10.8. The molecule has 1 atom stereocenters. The summed E-state index contributed by atoms with van der Waals surface area (Å²) in [6.45, 7) is 6.11. The number of nitrogens with zero attached hydrogens (tertiary/aromatic N) is 1. The number of amides is 2. The van der Waals surface area contributed by atoms with E-state index < -0.39 is 35.0 Å². The van der Waals surface area contributed by atoms with Crippen molar-refractivity contribution in [2.45, 2.75) is 51.5 Å². The number of alkyl halides is 6. The molecular weight excluding hydrogens is 452 g/mol. The van der Waals surface area contributed by atoms with Gasteiger partial charge in [-0.3, -0.25) is 14.5 Å². The van der Waals surface area contributed by atoms with Gasteiger partial charge in [-0.25, -0.2) is 0 Å². The molecule has 1 spiro atoms. The molecule has 184 valence electrons. The van der Waals surface area contributed by atoms with Crippen molar-refractivity contribution in [3.8, 4) is 0 Å². The summed E-state index contributed by atoms with van der Waals surface area (Å²) in [7, 11) is 0. The summed E-state index contributed by atoms with van der Waals surface area (Å²) in [5.41, 5.74) is -3.93. The molecule has 1 saturated carbocycles. The van der Waals surface area contributed by atoms with Crippen LogP contribution in [-0.2, 0) is 17.1 Å². The largest absolute Gasteiger partial charge is 0.416 e. The number of carbonyl (C=O) groups excluding carboxylic acids is 2. The van der Waals surface area contributed by atoms with E-state index in [9.17, 15) is 35.9 Å². The number of hydrogen-bond acceptors (Lipinski definition) is 3. The Morgan fingerprint density at radius 1 is 1.03 bits per heavy atom. The highest BCUT2D eigenvalue weighted by atomic mass is 19.4. The van der Waals surface area contributed by atoms with Gasteiger partial charge in [0.2, 0.25) is 5.91 Å². The quantitative estimate of drug-likeness (QED) is 0.605. The van der Waals surface area contributed by atoms with E-state index in [1.54, 1.807) is 0 Å². The van der Waals surface area contributed by atoms with Crippen LogP contribution in [0.2, 0.25) is 0 Å². The number of nitrogens with one attached hydrogen (secondary N) is 2. The maximum atomic E-state index is 13.0. The van der Waals surface area contributed by atoms with Crippen LogP contribution in [0.4, 0.5) is 26.3 Å². The molecule has 1 heterocycles. The minimum atomic E-state index is -5.01. The number of hydrogen-bond donors (Lipinski definition) is 2. The minimum absolute atomic E-state index is 0.00241. The van der Waals surface area contributed by atoms with Crippen molar-refractivity contribution in [2.24, 2.45) is 11.3 Å². The Hall–Kier alpha value is -2.30. The van der Waals surface area contributed by atoms with Crippen LogP contribution in [0.5, 0.6) is 0 Å². The third kappa shape index (κ3) is 6.39. The molecule has 0 bridgehead atoms. The third-order valence-corrected chi connectivity index (χ3v) is 6.27. The molecule has 2 aliphatic rings. The summed E-state index contributed by atoms with van der Waals surface area (Å²) < 4.78 is 78.3. The van der Waals surface area contributed by atoms with Crippen molar-refractivity contribution in [1.29, 1.82) is 0 Å². The second-order valence-corrected chi connectivity index (χ2v) is 9.36. The van der Waals surface area contributed by atoms with E-state index in [0.717, 1.165) is 0 Å². The highest BCUT2D eigenvalue weighted by Crippen LogP contribution is 2.54. The van der Waals surface area contributed by atoms with Crippen LogP contribution in [-0.4, -0.2) is 48.9 Å². The number of rotatable bonds is 6. The molecule has 5 nitrogen and oxygen atoms in total. The van der Waals surface area contributed by atoms with E-state index in [0.29, 0.717) is 56.9 Å². The van der Waals surface area contributed by atoms with Gasteiger partial charge in [0, 0.05) is 18.2 Å². The number of likely N-dealkylation sites (tertiary alicyclic amines) is 1. The number of carbonyl (C=O) groups is 2. The molecule has 2 amide bonds. The van der Waals surface area contributed by atoms with Gasteiger partial charge in [0.25, 0.3) is 5.91 Å². The molecule has 1 aliphatic heterocycles. The predicted molar refractivity (Wildman–Crippen MR) is 108 cm³/mol. The molecule has 2 fully saturated rings. The molecule has 11 heteroatoms. The standard InChI is InChI=1S/C22H27F6N3O2/c1-13(2)11-29-18(32)12-31-5-3-20(4-6-31)10-17(20)30-19(33)14-7-15(21(23,24)25)9-16(8-14)22(26,27)28/h7-9,13,17H,3-6,10-12H2,1-2H3,(H,29,32)(H,30,33)/t17-/m0/s1. The topological polar surface area (TPSA) is 61.4 Å². The van der Waals surface area contributed by atoms with Crippen LogP contribution in [0.1, 0.15) is 54.6 Å². The highest BCUT2D eigenvalue weighted by Gasteiger charge is 2.55. The van der Waals surface area contributed by atoms with Gasteiger partial charge in [0.15, 0.2) is 0 Å². The average molecular weight is 479 g/mol. The van der Waals surface area contributed by atoms with Gasteiger partial charge >= 0.3 is 12.4 Å². The molecule has 1 aromatic rings. The Kier molecular flexibility index (Phi) is 7.02. The van der Waals surface area contributed by atoms with E-state index in [4.69, 9.17) is 0 Å². The summed E-state index contributed by atoms with van der Waals surface area (Å²) in [4.78, 5) is 26.5. The van der Waals surface area contributed by atoms with Gasteiger partial charge in [0.05, 0.1) is 17.7 Å². The Labute approximate surface area is 187 Å². The first kappa shape index (κ1) is 25.3. The molecule has 3 rings (SSSR count). The summed E-state index contributed by atoms with van der Waals surface area (Å²) in [6, 6.07) is 0.573. The zero-order valence-electron chi connectivity index (χ0n) is 18.4. The fourth-order valence-electron chi connectivity index (χ4n) is 4.17. The molecule has 0 radical (unpaired) electrons. The van der Waals surface area contributed by atoms with Crippen molar-refractivity contribution < 1.29 is 35.9 Å². The lowest BCUT2D eigenvalue weighted by molar-refractivity contribution is -0.143. The maximum absolute atomic E-state index is 13.0. The minimum Gasteiger partial charge on any atom is -0.355 e. The van der Waals surface area contributed by atoms with Crippen molar-refractivity contribution in [2.75, 3.05) is 26.2 Å². The Balaban J connectivity index is 1.58. The van der Waals surface area contributed by atoms with Crippen LogP contribution in [0.3, 0.4) is 0 Å². The zero-order valence-corrected chi connectivity index (χ0v) is 18.4. The van der Waals surface area contributed by atoms with E-state index in [1.807, 2.05) is 18.7 Å². The first-order chi connectivity index (χ1) is 15.2. The molecular formula is C22H27F6N3O2. The Morgan fingerprint density at radius 2 is 1.58 bits per heavy atom. The fraction of sp³-hybridized carbons (Fsp3) is 0.636.